The van der Waals surface area contributed by atoms with E-state index in [-0.39, 0.29) is 16.8 Å². The van der Waals surface area contributed by atoms with Crippen LogP contribution >= 0.6 is 0 Å². The minimum Gasteiger partial charge on any atom is -0.322 e. The maximum atomic E-state index is 12.5. The largest absolute Gasteiger partial charge is 0.322 e. The van der Waals surface area contributed by atoms with Crippen LogP contribution in [0.4, 0.5) is 22.7 Å². The summed E-state index contributed by atoms with van der Waals surface area (Å²) in [7, 11) is 0. The number of anilines is 2. The van der Waals surface area contributed by atoms with E-state index in [4.69, 9.17) is 0 Å². The second kappa shape index (κ2) is 8.82. The number of carbonyl (C=O) groups is 2. The maximum Gasteiger partial charge on any atom is 0.289 e. The van der Waals surface area contributed by atoms with E-state index in [1.165, 1.54) is 12.1 Å². The normalized spacial score (nSPS) is 10.2. The van der Waals surface area contributed by atoms with Crippen molar-refractivity contribution in [1.82, 2.24) is 0 Å². The second-order valence-electron chi connectivity index (χ2n) is 6.57. The molecule has 2 amide bonds. The average Bonchev–Trinajstić information content (AvgIpc) is 2.73. The lowest BCUT2D eigenvalue weighted by Gasteiger charge is -2.09. The molecule has 0 bridgehead atoms. The number of nitro benzene ring substituents is 2. The van der Waals surface area contributed by atoms with E-state index >= 15 is 0 Å². The predicted molar refractivity (Wildman–Crippen MR) is 113 cm³/mol. The van der Waals surface area contributed by atoms with Crippen LogP contribution in [-0.2, 0) is 0 Å². The second-order valence-corrected chi connectivity index (χ2v) is 6.57. The van der Waals surface area contributed by atoms with Gasteiger partial charge in [-0.05, 0) is 48.9 Å². The molecule has 0 unspecified atom stereocenters. The lowest BCUT2D eigenvalue weighted by Crippen LogP contribution is -2.16. The molecule has 0 aliphatic carbocycles. The summed E-state index contributed by atoms with van der Waals surface area (Å²) in [6, 6.07) is 16.0. The van der Waals surface area contributed by atoms with Crippen LogP contribution in [0.3, 0.4) is 0 Å². The van der Waals surface area contributed by atoms with Gasteiger partial charge >= 0.3 is 0 Å². The summed E-state index contributed by atoms with van der Waals surface area (Å²) < 4.78 is 0. The van der Waals surface area contributed by atoms with E-state index in [9.17, 15) is 29.8 Å². The van der Waals surface area contributed by atoms with E-state index in [0.29, 0.717) is 5.69 Å². The Balaban J connectivity index is 1.81. The number of benzene rings is 3. The molecule has 0 saturated heterocycles. The summed E-state index contributed by atoms with van der Waals surface area (Å²) >= 11 is 0. The number of nitro groups is 2. The van der Waals surface area contributed by atoms with E-state index in [1.54, 1.807) is 30.3 Å². The fraction of sp³-hybridized carbons (Fsp3) is 0.0476. The first-order valence-electron chi connectivity index (χ1n) is 8.97. The molecule has 3 aromatic carbocycles. The van der Waals surface area contributed by atoms with Gasteiger partial charge in [0.1, 0.15) is 5.56 Å². The fourth-order valence-electron chi connectivity index (χ4n) is 2.84. The molecule has 0 aromatic heterocycles. The summed E-state index contributed by atoms with van der Waals surface area (Å²) in [6.45, 7) is 1.89. The van der Waals surface area contributed by atoms with E-state index in [1.807, 2.05) is 13.0 Å². The van der Waals surface area contributed by atoms with Crippen molar-refractivity contribution in [3.63, 3.8) is 0 Å². The van der Waals surface area contributed by atoms with Gasteiger partial charge in [-0.25, -0.2) is 0 Å². The van der Waals surface area contributed by atoms with Crippen LogP contribution in [0.1, 0.15) is 26.3 Å². The average molecular weight is 420 g/mol. The smallest absolute Gasteiger partial charge is 0.289 e. The van der Waals surface area contributed by atoms with Crippen LogP contribution in [0.25, 0.3) is 0 Å². The van der Waals surface area contributed by atoms with Gasteiger partial charge in [-0.15, -0.1) is 0 Å². The van der Waals surface area contributed by atoms with Crippen molar-refractivity contribution in [3.8, 4) is 0 Å². The van der Waals surface area contributed by atoms with Crippen molar-refractivity contribution in [2.45, 2.75) is 6.92 Å². The first-order chi connectivity index (χ1) is 14.7. The Hall–Kier alpha value is -4.60. The predicted octanol–water partition coefficient (Wildman–Crippen LogP) is 4.32. The summed E-state index contributed by atoms with van der Waals surface area (Å²) in [5.41, 5.74) is 0.542. The van der Waals surface area contributed by atoms with Crippen molar-refractivity contribution in [2.24, 2.45) is 0 Å². The molecule has 3 rings (SSSR count). The highest BCUT2D eigenvalue weighted by molar-refractivity contribution is 6.09. The zero-order chi connectivity index (χ0) is 22.5. The molecule has 0 fully saturated rings. The number of hydrogen-bond acceptors (Lipinski definition) is 6. The summed E-state index contributed by atoms with van der Waals surface area (Å²) in [5, 5.41) is 27.3. The first kappa shape index (κ1) is 21.1. The number of amides is 2. The lowest BCUT2D eigenvalue weighted by molar-refractivity contribution is -0.394. The Kier molecular flexibility index (Phi) is 6.01. The minimum absolute atomic E-state index is 0.231. The molecule has 0 aliphatic rings. The van der Waals surface area contributed by atoms with Gasteiger partial charge in [0.25, 0.3) is 23.2 Å². The zero-order valence-electron chi connectivity index (χ0n) is 16.2. The molecule has 0 spiro atoms. The summed E-state index contributed by atoms with van der Waals surface area (Å²) in [5.74, 6) is -1.24. The third-order valence-corrected chi connectivity index (χ3v) is 4.29. The van der Waals surface area contributed by atoms with Crippen molar-refractivity contribution >= 4 is 34.6 Å². The Bertz CT molecular complexity index is 1210. The van der Waals surface area contributed by atoms with Crippen LogP contribution in [0.5, 0.6) is 0 Å². The molecule has 10 nitrogen and oxygen atoms in total. The van der Waals surface area contributed by atoms with Crippen LogP contribution in [0.2, 0.25) is 0 Å². The van der Waals surface area contributed by atoms with Crippen molar-refractivity contribution < 1.29 is 19.4 Å². The molecule has 0 heterocycles. The number of nitrogens with one attached hydrogen (secondary N) is 2. The van der Waals surface area contributed by atoms with Gasteiger partial charge in [0.05, 0.1) is 15.9 Å². The molecule has 0 aliphatic heterocycles. The number of non-ortho nitro benzene ring substituents is 1. The molecule has 156 valence electrons. The first-order valence-corrected chi connectivity index (χ1v) is 8.97. The Labute approximate surface area is 175 Å². The molecular formula is C21H16N4O6. The summed E-state index contributed by atoms with van der Waals surface area (Å²) in [6.07, 6.45) is 0. The number of aryl methyl sites for hydroxylation is 1. The van der Waals surface area contributed by atoms with Crippen LogP contribution in [0, 0.1) is 27.2 Å². The molecule has 3 aromatic rings. The molecule has 0 radical (unpaired) electrons. The fourth-order valence-corrected chi connectivity index (χ4v) is 2.84. The van der Waals surface area contributed by atoms with Gasteiger partial charge < -0.3 is 10.6 Å². The molecule has 2 N–H and O–H groups in total. The van der Waals surface area contributed by atoms with Crippen molar-refractivity contribution in [3.05, 3.63) is 104 Å². The standard InChI is InChI=1S/C21H16N4O6/c1-13-4-2-6-15(10-13)22-20(26)14-5-3-7-16(11-14)23-21(27)18-9-8-17(24(28)29)12-19(18)25(30)31/h2-12H,1H3,(H,22,26)(H,23,27). The van der Waals surface area contributed by atoms with Crippen molar-refractivity contribution in [2.75, 3.05) is 10.6 Å². The van der Waals surface area contributed by atoms with Gasteiger partial charge in [-0.2, -0.15) is 0 Å². The third-order valence-electron chi connectivity index (χ3n) is 4.29. The van der Waals surface area contributed by atoms with E-state index < -0.39 is 33.0 Å². The van der Waals surface area contributed by atoms with E-state index in [2.05, 4.69) is 10.6 Å². The highest BCUT2D eigenvalue weighted by Crippen LogP contribution is 2.25. The number of carbonyl (C=O) groups excluding carboxylic acids is 2. The SMILES string of the molecule is Cc1cccc(NC(=O)c2cccc(NC(=O)c3ccc([N+](=O)[O-])cc3[N+](=O)[O-])c2)c1. The molecule has 0 atom stereocenters. The zero-order valence-corrected chi connectivity index (χ0v) is 16.2. The number of nitrogens with zero attached hydrogens (tertiary/aromatic N) is 2. The Morgan fingerprint density at radius 3 is 2.06 bits per heavy atom. The van der Waals surface area contributed by atoms with Crippen LogP contribution in [-0.4, -0.2) is 21.7 Å². The summed E-state index contributed by atoms with van der Waals surface area (Å²) in [4.78, 5) is 45.5. The number of hydrogen-bond donors (Lipinski definition) is 2. The highest BCUT2D eigenvalue weighted by Gasteiger charge is 2.24. The lowest BCUT2D eigenvalue weighted by atomic mass is 10.1. The van der Waals surface area contributed by atoms with Gasteiger partial charge in [0.15, 0.2) is 0 Å². The Morgan fingerprint density at radius 2 is 1.42 bits per heavy atom. The van der Waals surface area contributed by atoms with E-state index in [0.717, 1.165) is 23.8 Å². The quantitative estimate of drug-likeness (QED) is 0.449. The van der Waals surface area contributed by atoms with Gasteiger partial charge in [-0.3, -0.25) is 29.8 Å². The number of rotatable bonds is 6. The highest BCUT2D eigenvalue weighted by atomic mass is 16.6. The van der Waals surface area contributed by atoms with Crippen molar-refractivity contribution in [1.29, 1.82) is 0 Å². The van der Waals surface area contributed by atoms with Gasteiger partial charge in [0, 0.05) is 23.0 Å². The van der Waals surface area contributed by atoms with Gasteiger partial charge in [0.2, 0.25) is 0 Å². The van der Waals surface area contributed by atoms with Crippen LogP contribution < -0.4 is 10.6 Å². The Morgan fingerprint density at radius 1 is 0.774 bits per heavy atom. The molecule has 10 heteroatoms. The minimum atomic E-state index is -0.867. The maximum absolute atomic E-state index is 12.5. The molecular weight excluding hydrogens is 404 g/mol. The molecule has 0 saturated carbocycles. The van der Waals surface area contributed by atoms with Gasteiger partial charge in [-0.1, -0.05) is 18.2 Å². The van der Waals surface area contributed by atoms with Crippen LogP contribution in [0.15, 0.2) is 66.7 Å². The third kappa shape index (κ3) is 5.07. The topological polar surface area (TPSA) is 144 Å². The monoisotopic (exact) mass is 420 g/mol. The molecule has 31 heavy (non-hydrogen) atoms.